The van der Waals surface area contributed by atoms with Crippen LogP contribution in [0.25, 0.3) is 0 Å². The average molecular weight is 331 g/mol. The summed E-state index contributed by atoms with van der Waals surface area (Å²) in [5, 5.41) is 3.57. The monoisotopic (exact) mass is 330 g/mol. The van der Waals surface area contributed by atoms with Gasteiger partial charge in [0.25, 0.3) is 0 Å². The summed E-state index contributed by atoms with van der Waals surface area (Å²) in [6, 6.07) is 5.14. The Morgan fingerprint density at radius 2 is 2.14 bits per heavy atom. The predicted molar refractivity (Wildman–Crippen MR) is 86.3 cm³/mol. The molecule has 0 aromatic heterocycles. The molecule has 0 saturated carbocycles. The first-order chi connectivity index (χ1) is 9.96. The predicted octanol–water partition coefficient (Wildman–Crippen LogP) is 2.80. The Bertz CT molecular complexity index is 589. The Kier molecular flexibility index (Phi) is 5.66. The molecule has 0 bridgehead atoms. The fraction of sp³-hybridized carbons (Fsp3) is 0.600. The molecule has 4 nitrogen and oxygen atoms in total. The van der Waals surface area contributed by atoms with Crippen LogP contribution >= 0.6 is 11.6 Å². The molecule has 1 aliphatic heterocycles. The van der Waals surface area contributed by atoms with Crippen LogP contribution in [0.1, 0.15) is 31.2 Å². The molecule has 6 heteroatoms. The van der Waals surface area contributed by atoms with Crippen molar-refractivity contribution in [3.8, 4) is 0 Å². The van der Waals surface area contributed by atoms with Crippen molar-refractivity contribution in [1.82, 2.24) is 9.62 Å². The van der Waals surface area contributed by atoms with Gasteiger partial charge in [-0.1, -0.05) is 24.1 Å². The third kappa shape index (κ3) is 3.77. The van der Waals surface area contributed by atoms with E-state index in [4.69, 9.17) is 11.6 Å². The van der Waals surface area contributed by atoms with Gasteiger partial charge in [-0.2, -0.15) is 4.31 Å². The number of rotatable bonds is 5. The molecule has 0 amide bonds. The zero-order valence-electron chi connectivity index (χ0n) is 12.6. The van der Waals surface area contributed by atoms with Crippen molar-refractivity contribution in [2.24, 2.45) is 0 Å². The van der Waals surface area contributed by atoms with Gasteiger partial charge in [0.15, 0.2) is 0 Å². The summed E-state index contributed by atoms with van der Waals surface area (Å²) in [7, 11) is -1.58. The minimum atomic E-state index is -3.47. The van der Waals surface area contributed by atoms with Crippen LogP contribution in [0, 0.1) is 6.92 Å². The number of hydrogen-bond donors (Lipinski definition) is 1. The van der Waals surface area contributed by atoms with Gasteiger partial charge in [-0.25, -0.2) is 8.42 Å². The van der Waals surface area contributed by atoms with E-state index in [1.165, 1.54) is 0 Å². The summed E-state index contributed by atoms with van der Waals surface area (Å²) in [5.41, 5.74) is 0.748. The lowest BCUT2D eigenvalue weighted by atomic mass is 10.0. The summed E-state index contributed by atoms with van der Waals surface area (Å²) < 4.78 is 27.6. The van der Waals surface area contributed by atoms with E-state index in [1.54, 1.807) is 22.5 Å². The summed E-state index contributed by atoms with van der Waals surface area (Å²) in [6.07, 6.45) is 3.79. The molecule has 1 heterocycles. The van der Waals surface area contributed by atoms with Crippen LogP contribution in [0.15, 0.2) is 23.1 Å². The lowest BCUT2D eigenvalue weighted by Crippen LogP contribution is -2.44. The number of aryl methyl sites for hydroxylation is 1. The highest BCUT2D eigenvalue weighted by Gasteiger charge is 2.33. The van der Waals surface area contributed by atoms with Crippen molar-refractivity contribution in [3.63, 3.8) is 0 Å². The van der Waals surface area contributed by atoms with Crippen molar-refractivity contribution in [2.75, 3.05) is 20.1 Å². The number of halogens is 1. The van der Waals surface area contributed by atoms with Gasteiger partial charge < -0.3 is 5.32 Å². The zero-order chi connectivity index (χ0) is 15.5. The van der Waals surface area contributed by atoms with E-state index in [-0.39, 0.29) is 6.04 Å². The molecule has 1 fully saturated rings. The Hall–Kier alpha value is -0.620. The minimum Gasteiger partial charge on any atom is -0.320 e. The third-order valence-corrected chi connectivity index (χ3v) is 6.37. The lowest BCUT2D eigenvalue weighted by Gasteiger charge is -2.35. The Labute approximate surface area is 132 Å². The first-order valence-electron chi connectivity index (χ1n) is 7.39. The van der Waals surface area contributed by atoms with E-state index in [2.05, 4.69) is 5.32 Å². The highest BCUT2D eigenvalue weighted by atomic mass is 35.5. The maximum absolute atomic E-state index is 13.0. The first kappa shape index (κ1) is 16.7. The molecule has 0 spiro atoms. The molecule has 1 unspecified atom stereocenters. The van der Waals surface area contributed by atoms with E-state index in [0.29, 0.717) is 16.5 Å². The topological polar surface area (TPSA) is 49.4 Å². The number of nitrogens with one attached hydrogen (secondary N) is 1. The maximum Gasteiger partial charge on any atom is 0.243 e. The SMILES string of the molecule is CNCCC1CCCCN1S(=O)(=O)c1cc(Cl)ccc1C. The third-order valence-electron chi connectivity index (χ3n) is 4.04. The molecule has 1 saturated heterocycles. The lowest BCUT2D eigenvalue weighted by molar-refractivity contribution is 0.240. The maximum atomic E-state index is 13.0. The van der Waals surface area contributed by atoms with Crippen LogP contribution in [0.3, 0.4) is 0 Å². The van der Waals surface area contributed by atoms with Gasteiger partial charge in [-0.3, -0.25) is 0 Å². The largest absolute Gasteiger partial charge is 0.320 e. The fourth-order valence-electron chi connectivity index (χ4n) is 2.87. The van der Waals surface area contributed by atoms with Gasteiger partial charge in [-0.05, 0) is 57.5 Å². The van der Waals surface area contributed by atoms with Crippen molar-refractivity contribution < 1.29 is 8.42 Å². The molecule has 0 aliphatic carbocycles. The van der Waals surface area contributed by atoms with Gasteiger partial charge in [0.2, 0.25) is 10.0 Å². The number of benzene rings is 1. The standard InChI is InChI=1S/C15H23ClN2O2S/c1-12-6-7-13(16)11-15(12)21(19,20)18-10-4-3-5-14(18)8-9-17-2/h6-7,11,14,17H,3-5,8-10H2,1-2H3. The molecule has 118 valence electrons. The highest BCUT2D eigenvalue weighted by Crippen LogP contribution is 2.29. The summed E-state index contributed by atoms with van der Waals surface area (Å²) in [6.45, 7) is 3.24. The van der Waals surface area contributed by atoms with Crippen molar-refractivity contribution >= 4 is 21.6 Å². The fourth-order valence-corrected chi connectivity index (χ4v) is 5.08. The molecule has 1 atom stereocenters. The molecule has 1 aliphatic rings. The van der Waals surface area contributed by atoms with Gasteiger partial charge >= 0.3 is 0 Å². The summed E-state index contributed by atoms with van der Waals surface area (Å²) in [4.78, 5) is 0.339. The average Bonchev–Trinajstić information content (AvgIpc) is 2.47. The molecule has 21 heavy (non-hydrogen) atoms. The van der Waals surface area contributed by atoms with Crippen LogP contribution in [-0.2, 0) is 10.0 Å². The Morgan fingerprint density at radius 3 is 2.86 bits per heavy atom. The van der Waals surface area contributed by atoms with Gasteiger partial charge in [0.05, 0.1) is 4.90 Å². The highest BCUT2D eigenvalue weighted by molar-refractivity contribution is 7.89. The number of nitrogens with zero attached hydrogens (tertiary/aromatic N) is 1. The van der Waals surface area contributed by atoms with E-state index >= 15 is 0 Å². The van der Waals surface area contributed by atoms with Gasteiger partial charge in [-0.15, -0.1) is 0 Å². The number of sulfonamides is 1. The Morgan fingerprint density at radius 1 is 1.38 bits per heavy atom. The van der Waals surface area contributed by atoms with Crippen molar-refractivity contribution in [2.45, 2.75) is 43.5 Å². The molecule has 2 rings (SSSR count). The first-order valence-corrected chi connectivity index (χ1v) is 9.21. The van der Waals surface area contributed by atoms with E-state index < -0.39 is 10.0 Å². The number of hydrogen-bond acceptors (Lipinski definition) is 3. The summed E-state index contributed by atoms with van der Waals surface area (Å²) in [5.74, 6) is 0. The second-order valence-corrected chi connectivity index (χ2v) is 7.86. The molecule has 1 N–H and O–H groups in total. The smallest absolute Gasteiger partial charge is 0.243 e. The van der Waals surface area contributed by atoms with E-state index in [1.807, 2.05) is 14.0 Å². The second-order valence-electron chi connectivity index (χ2n) is 5.57. The molecule has 1 aromatic carbocycles. The normalized spacial score (nSPS) is 20.6. The van der Waals surface area contributed by atoms with Crippen molar-refractivity contribution in [3.05, 3.63) is 28.8 Å². The van der Waals surface area contributed by atoms with E-state index in [0.717, 1.165) is 37.8 Å². The van der Waals surface area contributed by atoms with Crippen LogP contribution in [0.2, 0.25) is 5.02 Å². The van der Waals surface area contributed by atoms with Crippen LogP contribution < -0.4 is 5.32 Å². The van der Waals surface area contributed by atoms with Gasteiger partial charge in [0.1, 0.15) is 0 Å². The van der Waals surface area contributed by atoms with Gasteiger partial charge in [0, 0.05) is 17.6 Å². The zero-order valence-corrected chi connectivity index (χ0v) is 14.2. The quantitative estimate of drug-likeness (QED) is 0.903. The minimum absolute atomic E-state index is 0.0783. The molecule has 1 aromatic rings. The van der Waals surface area contributed by atoms with E-state index in [9.17, 15) is 8.42 Å². The second kappa shape index (κ2) is 7.09. The molecular formula is C15H23ClN2O2S. The Balaban J connectivity index is 2.33. The van der Waals surface area contributed by atoms with Crippen molar-refractivity contribution in [1.29, 1.82) is 0 Å². The van der Waals surface area contributed by atoms with Crippen LogP contribution in [0.5, 0.6) is 0 Å². The molecular weight excluding hydrogens is 308 g/mol. The van der Waals surface area contributed by atoms with Crippen LogP contribution in [0.4, 0.5) is 0 Å². The van der Waals surface area contributed by atoms with Crippen LogP contribution in [-0.4, -0.2) is 38.9 Å². The molecule has 0 radical (unpaired) electrons. The number of piperidine rings is 1. The summed E-state index contributed by atoms with van der Waals surface area (Å²) >= 11 is 5.99.